The summed E-state index contributed by atoms with van der Waals surface area (Å²) >= 11 is 0. The van der Waals surface area contributed by atoms with Crippen molar-refractivity contribution in [2.75, 3.05) is 33.2 Å². The molecule has 0 saturated heterocycles. The normalized spacial score (nSPS) is 18.2. The predicted molar refractivity (Wildman–Crippen MR) is 53.4 cm³/mol. The number of likely N-dealkylation sites (N-methyl/N-ethyl adjacent to an activating group) is 2. The van der Waals surface area contributed by atoms with E-state index in [0.717, 1.165) is 19.0 Å². The Morgan fingerprint density at radius 3 is 2.67 bits per heavy atom. The van der Waals surface area contributed by atoms with Gasteiger partial charge in [-0.15, -0.1) is 0 Å². The van der Waals surface area contributed by atoms with Crippen LogP contribution in [0.4, 0.5) is 0 Å². The Balaban J connectivity index is 1.91. The minimum absolute atomic E-state index is 1.01. The van der Waals surface area contributed by atoms with E-state index in [1.165, 1.54) is 32.4 Å². The van der Waals surface area contributed by atoms with Crippen molar-refractivity contribution in [3.8, 4) is 0 Å². The van der Waals surface area contributed by atoms with Gasteiger partial charge in [-0.05, 0) is 32.4 Å². The van der Waals surface area contributed by atoms with Crippen LogP contribution in [0.15, 0.2) is 0 Å². The van der Waals surface area contributed by atoms with Crippen LogP contribution in [0.5, 0.6) is 0 Å². The maximum absolute atomic E-state index is 3.35. The maximum atomic E-state index is 3.35. The summed E-state index contributed by atoms with van der Waals surface area (Å²) in [5.74, 6) is 1.01. The third kappa shape index (κ3) is 3.55. The smallest absolute Gasteiger partial charge is 0.0104 e. The van der Waals surface area contributed by atoms with E-state index in [1.54, 1.807) is 0 Å². The molecular formula is C10H22N2. The van der Waals surface area contributed by atoms with E-state index in [9.17, 15) is 0 Å². The quantitative estimate of drug-likeness (QED) is 0.605. The Morgan fingerprint density at radius 2 is 2.17 bits per heavy atom. The second kappa shape index (κ2) is 5.55. The Morgan fingerprint density at radius 1 is 1.42 bits per heavy atom. The monoisotopic (exact) mass is 170 g/mol. The van der Waals surface area contributed by atoms with Gasteiger partial charge >= 0.3 is 0 Å². The Bertz CT molecular complexity index is 110. The van der Waals surface area contributed by atoms with Gasteiger partial charge in [-0.3, -0.25) is 0 Å². The molecule has 0 heterocycles. The van der Waals surface area contributed by atoms with Gasteiger partial charge in [0.1, 0.15) is 0 Å². The van der Waals surface area contributed by atoms with E-state index in [1.807, 2.05) is 0 Å². The van der Waals surface area contributed by atoms with Crippen molar-refractivity contribution in [1.29, 1.82) is 0 Å². The molecule has 1 N–H and O–H groups in total. The zero-order valence-corrected chi connectivity index (χ0v) is 8.47. The lowest BCUT2D eigenvalue weighted by Crippen LogP contribution is -2.34. The van der Waals surface area contributed by atoms with E-state index in [0.29, 0.717) is 0 Å². The van der Waals surface area contributed by atoms with Crippen LogP contribution < -0.4 is 5.32 Å². The standard InChI is InChI=1S/C10H22N2/c1-3-11-7-8-12(2)9-10-5-4-6-10/h10-11H,3-9H2,1-2H3. The Hall–Kier alpha value is -0.0800. The first-order valence-corrected chi connectivity index (χ1v) is 5.22. The molecule has 1 aliphatic rings. The molecule has 1 fully saturated rings. The number of nitrogens with zero attached hydrogens (tertiary/aromatic N) is 1. The molecule has 1 aliphatic carbocycles. The van der Waals surface area contributed by atoms with Crippen molar-refractivity contribution in [3.63, 3.8) is 0 Å². The second-order valence-electron chi connectivity index (χ2n) is 3.91. The molecule has 0 unspecified atom stereocenters. The number of hydrogen-bond acceptors (Lipinski definition) is 2. The van der Waals surface area contributed by atoms with E-state index in [2.05, 4.69) is 24.2 Å². The van der Waals surface area contributed by atoms with Gasteiger partial charge < -0.3 is 10.2 Å². The fourth-order valence-corrected chi connectivity index (χ4v) is 1.65. The molecule has 1 rings (SSSR count). The van der Waals surface area contributed by atoms with Crippen LogP contribution in [0, 0.1) is 5.92 Å². The SMILES string of the molecule is CCNCCN(C)CC1CCC1. The highest BCUT2D eigenvalue weighted by molar-refractivity contribution is 4.72. The van der Waals surface area contributed by atoms with Crippen LogP contribution in [-0.4, -0.2) is 38.1 Å². The van der Waals surface area contributed by atoms with Gasteiger partial charge in [0.05, 0.1) is 0 Å². The Kier molecular flexibility index (Phi) is 4.62. The van der Waals surface area contributed by atoms with Gasteiger partial charge in [-0.2, -0.15) is 0 Å². The van der Waals surface area contributed by atoms with Gasteiger partial charge in [0.2, 0.25) is 0 Å². The van der Waals surface area contributed by atoms with Crippen molar-refractivity contribution in [2.24, 2.45) is 5.92 Å². The van der Waals surface area contributed by atoms with Crippen LogP contribution in [0.2, 0.25) is 0 Å². The van der Waals surface area contributed by atoms with Crippen molar-refractivity contribution in [1.82, 2.24) is 10.2 Å². The maximum Gasteiger partial charge on any atom is 0.0104 e. The summed E-state index contributed by atoms with van der Waals surface area (Å²) in [4.78, 5) is 2.45. The van der Waals surface area contributed by atoms with Gasteiger partial charge in [0, 0.05) is 19.6 Å². The molecule has 2 heteroatoms. The first kappa shape index (κ1) is 10.0. The summed E-state index contributed by atoms with van der Waals surface area (Å²) in [5.41, 5.74) is 0. The van der Waals surface area contributed by atoms with Crippen LogP contribution in [-0.2, 0) is 0 Å². The molecule has 0 aromatic rings. The topological polar surface area (TPSA) is 15.3 Å². The lowest BCUT2D eigenvalue weighted by molar-refractivity contribution is 0.206. The molecule has 0 radical (unpaired) electrons. The third-order valence-electron chi connectivity index (χ3n) is 2.71. The highest BCUT2D eigenvalue weighted by Gasteiger charge is 2.18. The lowest BCUT2D eigenvalue weighted by atomic mass is 9.85. The molecule has 0 aromatic heterocycles. The summed E-state index contributed by atoms with van der Waals surface area (Å²) in [7, 11) is 2.23. The minimum Gasteiger partial charge on any atom is -0.316 e. The van der Waals surface area contributed by atoms with Gasteiger partial charge in [-0.25, -0.2) is 0 Å². The average molecular weight is 170 g/mol. The van der Waals surface area contributed by atoms with E-state index < -0.39 is 0 Å². The van der Waals surface area contributed by atoms with Crippen LogP contribution in [0.1, 0.15) is 26.2 Å². The molecule has 0 atom stereocenters. The van der Waals surface area contributed by atoms with Gasteiger partial charge in [-0.1, -0.05) is 13.3 Å². The largest absolute Gasteiger partial charge is 0.316 e. The molecule has 0 spiro atoms. The highest BCUT2D eigenvalue weighted by atomic mass is 15.1. The first-order valence-electron chi connectivity index (χ1n) is 5.22. The number of hydrogen-bond donors (Lipinski definition) is 1. The fraction of sp³-hybridized carbons (Fsp3) is 1.00. The Labute approximate surface area is 76.3 Å². The van der Waals surface area contributed by atoms with Crippen LogP contribution in [0.25, 0.3) is 0 Å². The molecule has 0 amide bonds. The van der Waals surface area contributed by atoms with Gasteiger partial charge in [0.25, 0.3) is 0 Å². The molecule has 72 valence electrons. The second-order valence-corrected chi connectivity index (χ2v) is 3.91. The summed E-state index contributed by atoms with van der Waals surface area (Å²) in [6.45, 7) is 6.90. The summed E-state index contributed by atoms with van der Waals surface area (Å²) in [6, 6.07) is 0. The molecule has 2 nitrogen and oxygen atoms in total. The van der Waals surface area contributed by atoms with E-state index in [4.69, 9.17) is 0 Å². The molecule has 1 saturated carbocycles. The van der Waals surface area contributed by atoms with Crippen molar-refractivity contribution < 1.29 is 0 Å². The fourth-order valence-electron chi connectivity index (χ4n) is 1.65. The molecule has 12 heavy (non-hydrogen) atoms. The molecule has 0 bridgehead atoms. The van der Waals surface area contributed by atoms with Crippen LogP contribution in [0.3, 0.4) is 0 Å². The zero-order valence-electron chi connectivity index (χ0n) is 8.47. The van der Waals surface area contributed by atoms with Gasteiger partial charge in [0.15, 0.2) is 0 Å². The van der Waals surface area contributed by atoms with E-state index in [-0.39, 0.29) is 0 Å². The third-order valence-corrected chi connectivity index (χ3v) is 2.71. The summed E-state index contributed by atoms with van der Waals surface area (Å²) in [6.07, 6.45) is 4.39. The molecular weight excluding hydrogens is 148 g/mol. The predicted octanol–water partition coefficient (Wildman–Crippen LogP) is 1.33. The zero-order chi connectivity index (χ0) is 8.81. The van der Waals surface area contributed by atoms with Crippen LogP contribution >= 0.6 is 0 Å². The average Bonchev–Trinajstić information content (AvgIpc) is 1.98. The number of rotatable bonds is 6. The van der Waals surface area contributed by atoms with Crippen molar-refractivity contribution in [3.05, 3.63) is 0 Å². The molecule has 0 aliphatic heterocycles. The van der Waals surface area contributed by atoms with Crippen molar-refractivity contribution >= 4 is 0 Å². The van der Waals surface area contributed by atoms with E-state index >= 15 is 0 Å². The molecule has 0 aromatic carbocycles. The summed E-state index contributed by atoms with van der Waals surface area (Å²) in [5, 5.41) is 3.35. The highest BCUT2D eigenvalue weighted by Crippen LogP contribution is 2.26. The number of nitrogens with one attached hydrogen (secondary N) is 1. The van der Waals surface area contributed by atoms with Crippen molar-refractivity contribution in [2.45, 2.75) is 26.2 Å². The summed E-state index contributed by atoms with van der Waals surface area (Å²) < 4.78 is 0. The lowest BCUT2D eigenvalue weighted by Gasteiger charge is -2.30. The minimum atomic E-state index is 1.01. The first-order chi connectivity index (χ1) is 5.83.